The molecule has 3 rings (SSSR count). The van der Waals surface area contributed by atoms with Crippen LogP contribution in [0.4, 0.5) is 0 Å². The third kappa shape index (κ3) is 3.28. The molecule has 1 atom stereocenters. The van der Waals surface area contributed by atoms with Gasteiger partial charge in [-0.15, -0.1) is 5.10 Å². The molecular weight excluding hydrogens is 274 g/mol. The number of aromatic nitrogens is 2. The maximum absolute atomic E-state index is 9.97. The molecule has 0 radical (unpaired) electrons. The summed E-state index contributed by atoms with van der Waals surface area (Å²) in [7, 11) is 2.18. The Morgan fingerprint density at radius 1 is 1.27 bits per heavy atom. The number of nitrogens with zero attached hydrogens (tertiary/aromatic N) is 3. The van der Waals surface area contributed by atoms with Crippen molar-refractivity contribution < 1.29 is 5.11 Å². The number of aromatic hydroxyl groups is 1. The Labute approximate surface area is 131 Å². The Morgan fingerprint density at radius 2 is 2.09 bits per heavy atom. The van der Waals surface area contributed by atoms with E-state index < -0.39 is 0 Å². The SMILES string of the molecule is Cc1cc(C[C@@H]2CCCN(C)C2)nnc1-c1ccccc1O. The molecule has 1 aromatic heterocycles. The lowest BCUT2D eigenvalue weighted by molar-refractivity contribution is 0.208. The van der Waals surface area contributed by atoms with E-state index in [1.165, 1.54) is 19.4 Å². The van der Waals surface area contributed by atoms with Crippen LogP contribution in [-0.4, -0.2) is 40.3 Å². The fourth-order valence-corrected chi connectivity index (χ4v) is 3.32. The Morgan fingerprint density at radius 3 is 2.82 bits per heavy atom. The van der Waals surface area contributed by atoms with Gasteiger partial charge in [-0.2, -0.15) is 5.10 Å². The summed E-state index contributed by atoms with van der Waals surface area (Å²) in [6.07, 6.45) is 3.52. The standard InChI is InChI=1S/C18H23N3O/c1-13-10-15(11-14-6-5-9-21(2)12-14)19-20-18(13)16-7-3-4-8-17(16)22/h3-4,7-8,10,14,22H,5-6,9,11-12H2,1-2H3/t14-/m0/s1. The first kappa shape index (κ1) is 15.0. The molecule has 2 heterocycles. The van der Waals surface area contributed by atoms with Gasteiger partial charge in [0.05, 0.1) is 11.4 Å². The summed E-state index contributed by atoms with van der Waals surface area (Å²) in [4.78, 5) is 2.39. The van der Waals surface area contributed by atoms with Gasteiger partial charge in [0.25, 0.3) is 0 Å². The van der Waals surface area contributed by atoms with Crippen molar-refractivity contribution in [1.82, 2.24) is 15.1 Å². The normalized spacial score (nSPS) is 19.3. The minimum Gasteiger partial charge on any atom is -0.507 e. The maximum Gasteiger partial charge on any atom is 0.125 e. The first-order chi connectivity index (χ1) is 10.6. The van der Waals surface area contributed by atoms with Crippen molar-refractivity contribution in [3.63, 3.8) is 0 Å². The second-order valence-corrected chi connectivity index (χ2v) is 6.36. The zero-order valence-corrected chi connectivity index (χ0v) is 13.3. The van der Waals surface area contributed by atoms with Crippen molar-refractivity contribution in [2.24, 2.45) is 5.92 Å². The van der Waals surface area contributed by atoms with Crippen LogP contribution in [0.5, 0.6) is 5.75 Å². The molecule has 0 bridgehead atoms. The summed E-state index contributed by atoms with van der Waals surface area (Å²) in [5.74, 6) is 0.921. The molecule has 1 saturated heterocycles. The van der Waals surface area contributed by atoms with Crippen LogP contribution in [0.3, 0.4) is 0 Å². The first-order valence-corrected chi connectivity index (χ1v) is 7.93. The molecule has 4 nitrogen and oxygen atoms in total. The van der Waals surface area contributed by atoms with Crippen molar-refractivity contribution >= 4 is 0 Å². The van der Waals surface area contributed by atoms with Gasteiger partial charge < -0.3 is 10.0 Å². The predicted octanol–water partition coefficient (Wildman–Crippen LogP) is 3.04. The summed E-state index contributed by atoms with van der Waals surface area (Å²) in [6.45, 7) is 4.38. The van der Waals surface area contributed by atoms with E-state index in [2.05, 4.69) is 28.2 Å². The van der Waals surface area contributed by atoms with E-state index in [1.54, 1.807) is 6.07 Å². The average Bonchev–Trinajstić information content (AvgIpc) is 2.49. The highest BCUT2D eigenvalue weighted by molar-refractivity contribution is 5.68. The number of benzene rings is 1. The summed E-state index contributed by atoms with van der Waals surface area (Å²) in [5, 5.41) is 18.7. The molecule has 0 amide bonds. The molecule has 0 unspecified atom stereocenters. The zero-order chi connectivity index (χ0) is 15.5. The smallest absolute Gasteiger partial charge is 0.125 e. The molecule has 1 fully saturated rings. The molecule has 1 aliphatic rings. The van der Waals surface area contributed by atoms with Crippen LogP contribution in [0.15, 0.2) is 30.3 Å². The summed E-state index contributed by atoms with van der Waals surface area (Å²) < 4.78 is 0. The third-order valence-electron chi connectivity index (χ3n) is 4.41. The number of hydrogen-bond acceptors (Lipinski definition) is 4. The fourth-order valence-electron chi connectivity index (χ4n) is 3.32. The van der Waals surface area contributed by atoms with Crippen molar-refractivity contribution in [1.29, 1.82) is 0 Å². The molecule has 0 saturated carbocycles. The number of hydrogen-bond donors (Lipinski definition) is 1. The van der Waals surface area contributed by atoms with Crippen LogP contribution in [-0.2, 0) is 6.42 Å². The molecule has 116 valence electrons. The van der Waals surface area contributed by atoms with Crippen molar-refractivity contribution in [3.8, 4) is 17.0 Å². The van der Waals surface area contributed by atoms with E-state index in [4.69, 9.17) is 0 Å². The predicted molar refractivity (Wildman–Crippen MR) is 87.8 cm³/mol. The van der Waals surface area contributed by atoms with Gasteiger partial charge in [-0.05, 0) is 69.5 Å². The number of likely N-dealkylation sites (tertiary alicyclic amines) is 1. The Hall–Kier alpha value is -1.94. The van der Waals surface area contributed by atoms with E-state index in [9.17, 15) is 5.11 Å². The highest BCUT2D eigenvalue weighted by atomic mass is 16.3. The number of rotatable bonds is 3. The van der Waals surface area contributed by atoms with Crippen LogP contribution < -0.4 is 0 Å². The van der Waals surface area contributed by atoms with Gasteiger partial charge in [-0.1, -0.05) is 12.1 Å². The third-order valence-corrected chi connectivity index (χ3v) is 4.41. The minimum atomic E-state index is 0.251. The van der Waals surface area contributed by atoms with Crippen LogP contribution in [0.1, 0.15) is 24.1 Å². The van der Waals surface area contributed by atoms with Crippen LogP contribution >= 0.6 is 0 Å². The zero-order valence-electron chi connectivity index (χ0n) is 13.3. The van der Waals surface area contributed by atoms with Crippen LogP contribution in [0.2, 0.25) is 0 Å². The van der Waals surface area contributed by atoms with Gasteiger partial charge in [-0.25, -0.2) is 0 Å². The average molecular weight is 297 g/mol. The van der Waals surface area contributed by atoms with Gasteiger partial charge in [0.15, 0.2) is 0 Å². The number of aryl methyl sites for hydroxylation is 1. The van der Waals surface area contributed by atoms with E-state index >= 15 is 0 Å². The molecule has 22 heavy (non-hydrogen) atoms. The molecule has 4 heteroatoms. The van der Waals surface area contributed by atoms with E-state index in [-0.39, 0.29) is 5.75 Å². The Kier molecular flexibility index (Phi) is 4.39. The van der Waals surface area contributed by atoms with Crippen LogP contribution in [0, 0.1) is 12.8 Å². The second kappa shape index (κ2) is 6.44. The molecule has 1 N–H and O–H groups in total. The summed E-state index contributed by atoms with van der Waals surface area (Å²) >= 11 is 0. The maximum atomic E-state index is 9.97. The van der Waals surface area contributed by atoms with Crippen molar-refractivity contribution in [2.75, 3.05) is 20.1 Å². The van der Waals surface area contributed by atoms with Gasteiger partial charge >= 0.3 is 0 Å². The minimum absolute atomic E-state index is 0.251. The van der Waals surface area contributed by atoms with E-state index in [0.29, 0.717) is 5.92 Å². The van der Waals surface area contributed by atoms with Gasteiger partial charge in [-0.3, -0.25) is 0 Å². The monoisotopic (exact) mass is 297 g/mol. The Balaban J connectivity index is 1.79. The Bertz CT molecular complexity index is 657. The highest BCUT2D eigenvalue weighted by Crippen LogP contribution is 2.29. The molecule has 1 aromatic carbocycles. The highest BCUT2D eigenvalue weighted by Gasteiger charge is 2.19. The van der Waals surface area contributed by atoms with E-state index in [1.807, 2.05) is 25.1 Å². The van der Waals surface area contributed by atoms with Gasteiger partial charge in [0, 0.05) is 12.1 Å². The topological polar surface area (TPSA) is 49.2 Å². The first-order valence-electron chi connectivity index (χ1n) is 7.93. The molecule has 1 aliphatic heterocycles. The van der Waals surface area contributed by atoms with E-state index in [0.717, 1.165) is 35.5 Å². The fraction of sp³-hybridized carbons (Fsp3) is 0.444. The van der Waals surface area contributed by atoms with Gasteiger partial charge in [0.2, 0.25) is 0 Å². The molecule has 2 aromatic rings. The largest absolute Gasteiger partial charge is 0.507 e. The van der Waals surface area contributed by atoms with Crippen molar-refractivity contribution in [2.45, 2.75) is 26.2 Å². The molecule has 0 spiro atoms. The molecular formula is C18H23N3O. The molecule has 0 aliphatic carbocycles. The lowest BCUT2D eigenvalue weighted by Crippen LogP contribution is -2.33. The second-order valence-electron chi connectivity index (χ2n) is 6.36. The lowest BCUT2D eigenvalue weighted by atomic mass is 9.93. The number of phenolic OH excluding ortho intramolecular Hbond substituents is 1. The van der Waals surface area contributed by atoms with Crippen molar-refractivity contribution in [3.05, 3.63) is 41.6 Å². The lowest BCUT2D eigenvalue weighted by Gasteiger charge is -2.29. The van der Waals surface area contributed by atoms with Crippen LogP contribution in [0.25, 0.3) is 11.3 Å². The number of phenols is 1. The van der Waals surface area contributed by atoms with Gasteiger partial charge in [0.1, 0.15) is 5.75 Å². The summed E-state index contributed by atoms with van der Waals surface area (Å²) in [6, 6.07) is 9.39. The quantitative estimate of drug-likeness (QED) is 0.946. The number of piperidine rings is 1. The number of para-hydroxylation sites is 1. The summed E-state index contributed by atoms with van der Waals surface area (Å²) in [5.41, 5.74) is 3.63.